The highest BCUT2D eigenvalue weighted by molar-refractivity contribution is 5.26. The normalized spacial score (nSPS) is 21.9. The molecule has 0 unspecified atom stereocenters. The second kappa shape index (κ2) is 11.7. The number of methoxy groups -OCH3 is 1. The Morgan fingerprint density at radius 2 is 1.59 bits per heavy atom. The van der Waals surface area contributed by atoms with Gasteiger partial charge in [0.25, 0.3) is 0 Å². The molecule has 2 aromatic rings. The van der Waals surface area contributed by atoms with Crippen molar-refractivity contribution < 1.29 is 33.9 Å². The highest BCUT2D eigenvalue weighted by Gasteiger charge is 2.48. The minimum atomic E-state index is -1.07. The quantitative estimate of drug-likeness (QED) is 0.485. The van der Waals surface area contributed by atoms with Crippen LogP contribution in [0.15, 0.2) is 54.6 Å². The number of rotatable bonds is 12. The third-order valence-electron chi connectivity index (χ3n) is 5.38. The van der Waals surface area contributed by atoms with Gasteiger partial charge in [0.05, 0.1) is 33.0 Å². The minimum absolute atomic E-state index is 0.357. The number of benzene rings is 2. The molecule has 1 aliphatic heterocycles. The Hall–Kier alpha value is -2.00. The van der Waals surface area contributed by atoms with Gasteiger partial charge in [0.2, 0.25) is 0 Å². The molecule has 1 heterocycles. The van der Waals surface area contributed by atoms with E-state index in [4.69, 9.17) is 23.7 Å². The van der Waals surface area contributed by atoms with E-state index < -0.39 is 36.8 Å². The topological polar surface area (TPSA) is 86.6 Å². The van der Waals surface area contributed by atoms with Crippen LogP contribution in [0.2, 0.25) is 0 Å². The van der Waals surface area contributed by atoms with Crippen molar-refractivity contribution in [3.05, 3.63) is 65.7 Å². The fourth-order valence-corrected chi connectivity index (χ4v) is 3.74. The van der Waals surface area contributed by atoms with Crippen LogP contribution in [0.4, 0.5) is 0 Å². The summed E-state index contributed by atoms with van der Waals surface area (Å²) >= 11 is 0. The zero-order chi connectivity index (χ0) is 23.0. The van der Waals surface area contributed by atoms with Crippen molar-refractivity contribution in [2.75, 3.05) is 20.3 Å². The van der Waals surface area contributed by atoms with E-state index in [1.54, 1.807) is 21.0 Å². The van der Waals surface area contributed by atoms with Gasteiger partial charge >= 0.3 is 0 Å². The van der Waals surface area contributed by atoms with E-state index in [9.17, 15) is 10.2 Å². The summed E-state index contributed by atoms with van der Waals surface area (Å²) in [7, 11) is 1.63. The summed E-state index contributed by atoms with van der Waals surface area (Å²) in [6, 6.07) is 17.6. The lowest BCUT2D eigenvalue weighted by Gasteiger charge is -2.28. The maximum atomic E-state index is 10.3. The molecule has 0 aliphatic carbocycles. The second-order valence-electron chi connectivity index (χ2n) is 8.34. The molecule has 2 aromatic carbocycles. The summed E-state index contributed by atoms with van der Waals surface area (Å²) in [6.07, 6.45) is -2.18. The molecule has 1 fully saturated rings. The summed E-state index contributed by atoms with van der Waals surface area (Å²) in [4.78, 5) is 0. The predicted octanol–water partition coefficient (Wildman–Crippen LogP) is 3.06. The van der Waals surface area contributed by atoms with E-state index in [1.807, 2.05) is 54.6 Å². The van der Waals surface area contributed by atoms with E-state index in [1.165, 1.54) is 0 Å². The van der Waals surface area contributed by atoms with Crippen LogP contribution in [-0.2, 0) is 32.2 Å². The number of hydrogen-bond acceptors (Lipinski definition) is 7. The first-order valence-electron chi connectivity index (χ1n) is 10.9. The van der Waals surface area contributed by atoms with Crippen molar-refractivity contribution in [1.82, 2.24) is 0 Å². The molecule has 0 radical (unpaired) electrons. The Labute approximate surface area is 189 Å². The highest BCUT2D eigenvalue weighted by Crippen LogP contribution is 2.34. The monoisotopic (exact) mass is 446 g/mol. The van der Waals surface area contributed by atoms with Crippen molar-refractivity contribution in [3.8, 4) is 5.75 Å². The average Bonchev–Trinajstić information content (AvgIpc) is 3.14. The van der Waals surface area contributed by atoms with Gasteiger partial charge in [-0.05, 0) is 43.5 Å². The summed E-state index contributed by atoms with van der Waals surface area (Å²) in [5.74, 6) is -0.113. The van der Waals surface area contributed by atoms with Crippen molar-refractivity contribution in [3.63, 3.8) is 0 Å². The Bertz CT molecular complexity index is 794. The van der Waals surface area contributed by atoms with Gasteiger partial charge in [0.15, 0.2) is 5.79 Å². The number of ether oxygens (including phenoxy) is 5. The molecule has 7 nitrogen and oxygen atoms in total. The average molecular weight is 447 g/mol. The van der Waals surface area contributed by atoms with Gasteiger partial charge in [-0.3, -0.25) is 0 Å². The van der Waals surface area contributed by atoms with E-state index in [0.29, 0.717) is 26.2 Å². The molecule has 4 atom stereocenters. The van der Waals surface area contributed by atoms with Gasteiger partial charge in [-0.15, -0.1) is 0 Å². The third kappa shape index (κ3) is 7.00. The smallest absolute Gasteiger partial charge is 0.164 e. The van der Waals surface area contributed by atoms with Gasteiger partial charge in [0.1, 0.15) is 24.1 Å². The molecule has 0 spiro atoms. The molecular formula is C25H34O7. The van der Waals surface area contributed by atoms with Gasteiger partial charge in [-0.2, -0.15) is 0 Å². The van der Waals surface area contributed by atoms with Gasteiger partial charge < -0.3 is 33.9 Å². The zero-order valence-electron chi connectivity index (χ0n) is 19.0. The maximum absolute atomic E-state index is 10.3. The Kier molecular flexibility index (Phi) is 9.04. The molecule has 2 N–H and O–H groups in total. The fraction of sp³-hybridized carbons (Fsp3) is 0.520. The Morgan fingerprint density at radius 1 is 0.938 bits per heavy atom. The zero-order valence-corrected chi connectivity index (χ0v) is 19.0. The number of aliphatic hydroxyl groups excluding tert-OH is 2. The van der Waals surface area contributed by atoms with Gasteiger partial charge in [0, 0.05) is 6.61 Å². The van der Waals surface area contributed by atoms with Crippen molar-refractivity contribution in [1.29, 1.82) is 0 Å². The molecule has 3 rings (SSSR count). The largest absolute Gasteiger partial charge is 0.497 e. The summed E-state index contributed by atoms with van der Waals surface area (Å²) in [5.41, 5.74) is 2.08. The molecule has 0 saturated carbocycles. The maximum Gasteiger partial charge on any atom is 0.164 e. The lowest BCUT2D eigenvalue weighted by molar-refractivity contribution is -0.166. The molecular weight excluding hydrogens is 412 g/mol. The van der Waals surface area contributed by atoms with Crippen molar-refractivity contribution >= 4 is 0 Å². The van der Waals surface area contributed by atoms with Crippen LogP contribution in [0.1, 0.15) is 31.4 Å². The summed E-state index contributed by atoms with van der Waals surface area (Å²) in [5, 5.41) is 19.8. The Balaban J connectivity index is 1.65. The highest BCUT2D eigenvalue weighted by atomic mass is 16.8. The van der Waals surface area contributed by atoms with Crippen LogP contribution < -0.4 is 4.74 Å². The number of aliphatic hydroxyl groups is 2. The molecule has 32 heavy (non-hydrogen) atoms. The van der Waals surface area contributed by atoms with Crippen LogP contribution >= 0.6 is 0 Å². The van der Waals surface area contributed by atoms with Crippen LogP contribution in [0.5, 0.6) is 5.75 Å². The van der Waals surface area contributed by atoms with Gasteiger partial charge in [-0.1, -0.05) is 42.5 Å². The molecule has 176 valence electrons. The predicted molar refractivity (Wildman–Crippen MR) is 119 cm³/mol. The number of hydrogen-bond donors (Lipinski definition) is 2. The lowest BCUT2D eigenvalue weighted by atomic mass is 10.0. The molecule has 0 amide bonds. The molecule has 0 aromatic heterocycles. The van der Waals surface area contributed by atoms with Crippen molar-refractivity contribution in [2.45, 2.75) is 63.7 Å². The van der Waals surface area contributed by atoms with E-state index in [0.717, 1.165) is 16.9 Å². The van der Waals surface area contributed by atoms with E-state index in [-0.39, 0.29) is 0 Å². The van der Waals surface area contributed by atoms with Gasteiger partial charge in [-0.25, -0.2) is 0 Å². The molecule has 1 saturated heterocycles. The first-order chi connectivity index (χ1) is 15.4. The van der Waals surface area contributed by atoms with Crippen molar-refractivity contribution in [2.24, 2.45) is 0 Å². The van der Waals surface area contributed by atoms with Crippen LogP contribution in [0, 0.1) is 0 Å². The van der Waals surface area contributed by atoms with Crippen LogP contribution in [-0.4, -0.2) is 60.7 Å². The summed E-state index contributed by atoms with van der Waals surface area (Å²) in [6.45, 7) is 4.46. The fourth-order valence-electron chi connectivity index (χ4n) is 3.74. The van der Waals surface area contributed by atoms with E-state index >= 15 is 0 Å². The van der Waals surface area contributed by atoms with Crippen LogP contribution in [0.25, 0.3) is 0 Å². The molecule has 1 aliphatic rings. The van der Waals surface area contributed by atoms with E-state index in [2.05, 4.69) is 0 Å². The Morgan fingerprint density at radius 3 is 2.25 bits per heavy atom. The molecule has 0 bridgehead atoms. The van der Waals surface area contributed by atoms with Crippen LogP contribution in [0.3, 0.4) is 0 Å². The third-order valence-corrected chi connectivity index (χ3v) is 5.38. The second-order valence-corrected chi connectivity index (χ2v) is 8.34. The lowest BCUT2D eigenvalue weighted by Crippen LogP contribution is -2.45. The molecule has 7 heteroatoms. The SMILES string of the molecule is COc1ccc(CO[C@H](CCOCc2ccccc2)[C@H]2OC(C)(C)O[C@@H]2[C@H](O)CO)cc1. The standard InChI is InChI=1S/C25H34O7/c1-25(2)31-23(21(27)15-26)24(32-25)22(13-14-29-16-18-7-5-4-6-8-18)30-17-19-9-11-20(28-3)12-10-19/h4-12,21-24,26-27H,13-17H2,1-3H3/t21-,22-,23-,24-/m1/s1. The first-order valence-corrected chi connectivity index (χ1v) is 10.9. The summed E-state index contributed by atoms with van der Waals surface area (Å²) < 4.78 is 29.3. The minimum Gasteiger partial charge on any atom is -0.497 e. The first kappa shape index (κ1) is 24.6.